The number of H-pyrrole nitrogens is 1. The van der Waals surface area contributed by atoms with Crippen molar-refractivity contribution in [1.82, 2.24) is 25.0 Å². The minimum Gasteiger partial charge on any atom is -0.492 e. The largest absolute Gasteiger partial charge is 0.492 e. The summed E-state index contributed by atoms with van der Waals surface area (Å²) in [5.41, 5.74) is 4.51. The van der Waals surface area contributed by atoms with Gasteiger partial charge in [-0.05, 0) is 82.2 Å². The average molecular weight is 501 g/mol. The number of likely N-dealkylation sites (tertiary alicyclic amines) is 1. The van der Waals surface area contributed by atoms with Crippen LogP contribution in [0.15, 0.2) is 53.2 Å². The number of hydrogen-bond acceptors (Lipinski definition) is 8. The van der Waals surface area contributed by atoms with Crippen molar-refractivity contribution in [3.63, 3.8) is 0 Å². The molecule has 6 rings (SSSR count). The van der Waals surface area contributed by atoms with Crippen LogP contribution >= 0.6 is 11.3 Å². The van der Waals surface area contributed by atoms with E-state index in [0.717, 1.165) is 61.5 Å². The summed E-state index contributed by atoms with van der Waals surface area (Å²) in [6.45, 7) is 7.96. The van der Waals surface area contributed by atoms with Gasteiger partial charge in [-0.2, -0.15) is 4.98 Å². The lowest BCUT2D eigenvalue weighted by atomic mass is 10.1. The zero-order valence-electron chi connectivity index (χ0n) is 20.4. The van der Waals surface area contributed by atoms with Crippen molar-refractivity contribution in [3.05, 3.63) is 60.1 Å². The topological polar surface area (TPSA) is 92.1 Å². The molecule has 0 radical (unpaired) electrons. The predicted octanol–water partition coefficient (Wildman–Crippen LogP) is 6.18. The molecule has 1 aliphatic rings. The molecule has 1 aromatic carbocycles. The monoisotopic (exact) mass is 500 g/mol. The van der Waals surface area contributed by atoms with Crippen LogP contribution in [0, 0.1) is 13.8 Å². The lowest BCUT2D eigenvalue weighted by molar-refractivity contribution is 0.238. The number of hydrogen-bond donors (Lipinski definition) is 2. The lowest BCUT2D eigenvalue weighted by Gasteiger charge is -2.15. The molecule has 4 aromatic heterocycles. The molecule has 0 bridgehead atoms. The minimum absolute atomic E-state index is 0.537. The Hall–Kier alpha value is -3.69. The van der Waals surface area contributed by atoms with Crippen molar-refractivity contribution in [3.8, 4) is 26.8 Å². The van der Waals surface area contributed by atoms with Gasteiger partial charge in [0.15, 0.2) is 0 Å². The fraction of sp³-hybridized carbons (Fsp3) is 0.296. The van der Waals surface area contributed by atoms with Gasteiger partial charge in [-0.25, -0.2) is 4.98 Å². The quantitative estimate of drug-likeness (QED) is 0.263. The van der Waals surface area contributed by atoms with Crippen molar-refractivity contribution in [2.45, 2.75) is 26.7 Å². The van der Waals surface area contributed by atoms with E-state index in [0.29, 0.717) is 12.6 Å². The van der Waals surface area contributed by atoms with Gasteiger partial charge in [0.1, 0.15) is 23.8 Å². The molecule has 184 valence electrons. The number of anilines is 2. The van der Waals surface area contributed by atoms with E-state index in [1.807, 2.05) is 50.4 Å². The van der Waals surface area contributed by atoms with Crippen LogP contribution in [-0.4, -0.2) is 51.2 Å². The fourth-order valence-corrected chi connectivity index (χ4v) is 5.84. The molecular weight excluding hydrogens is 472 g/mol. The number of aromatic nitrogens is 4. The summed E-state index contributed by atoms with van der Waals surface area (Å²) < 4.78 is 11.3. The molecule has 9 heteroatoms. The standard InChI is InChI=1S/C27H28N6O2S/c1-17-24(18(2)35-32-17)22-9-10-23(36-22)25-21-11-12-28-26(21)31-27(30-25)29-19-5-7-20(8-6-19)34-16-15-33-13-3-4-14-33/h5-12H,3-4,13-16H2,1-2H3,(H2,28,29,30,31). The Labute approximate surface area is 213 Å². The number of aromatic amines is 1. The van der Waals surface area contributed by atoms with Gasteiger partial charge >= 0.3 is 0 Å². The highest BCUT2D eigenvalue weighted by Gasteiger charge is 2.17. The predicted molar refractivity (Wildman–Crippen MR) is 143 cm³/mol. The molecule has 5 aromatic rings. The van der Waals surface area contributed by atoms with E-state index >= 15 is 0 Å². The average Bonchev–Trinajstić information content (AvgIpc) is 3.68. The van der Waals surface area contributed by atoms with E-state index in [2.05, 4.69) is 37.5 Å². The summed E-state index contributed by atoms with van der Waals surface area (Å²) in [4.78, 5) is 17.4. The van der Waals surface area contributed by atoms with Crippen LogP contribution in [0.3, 0.4) is 0 Å². The molecule has 0 saturated carbocycles. The third kappa shape index (κ3) is 4.59. The van der Waals surface area contributed by atoms with Crippen LogP contribution in [0.1, 0.15) is 24.3 Å². The molecule has 0 unspecified atom stereocenters. The number of nitrogens with zero attached hydrogens (tertiary/aromatic N) is 4. The molecule has 1 saturated heterocycles. The number of thiophene rings is 1. The van der Waals surface area contributed by atoms with Gasteiger partial charge in [-0.15, -0.1) is 11.3 Å². The van der Waals surface area contributed by atoms with Crippen LogP contribution < -0.4 is 10.1 Å². The Morgan fingerprint density at radius 2 is 1.83 bits per heavy atom. The zero-order chi connectivity index (χ0) is 24.5. The maximum atomic E-state index is 5.93. The maximum absolute atomic E-state index is 5.93. The normalized spacial score (nSPS) is 14.1. The summed E-state index contributed by atoms with van der Waals surface area (Å²) in [6, 6.07) is 14.2. The molecule has 8 nitrogen and oxygen atoms in total. The fourth-order valence-electron chi connectivity index (χ4n) is 4.68. The highest BCUT2D eigenvalue weighted by molar-refractivity contribution is 7.18. The van der Waals surface area contributed by atoms with Gasteiger partial charge in [0, 0.05) is 28.7 Å². The van der Waals surface area contributed by atoms with Crippen LogP contribution in [0.25, 0.3) is 32.0 Å². The van der Waals surface area contributed by atoms with Gasteiger partial charge in [-0.3, -0.25) is 4.90 Å². The summed E-state index contributed by atoms with van der Waals surface area (Å²) in [7, 11) is 0. The molecule has 0 amide bonds. The molecule has 5 heterocycles. The molecule has 0 atom stereocenters. The van der Waals surface area contributed by atoms with Crippen molar-refractivity contribution in [1.29, 1.82) is 0 Å². The molecule has 0 aliphatic carbocycles. The van der Waals surface area contributed by atoms with Crippen molar-refractivity contribution in [2.24, 2.45) is 0 Å². The smallest absolute Gasteiger partial charge is 0.229 e. The zero-order valence-corrected chi connectivity index (χ0v) is 21.2. The SMILES string of the molecule is Cc1noc(C)c1-c1ccc(-c2nc(Nc3ccc(OCCN4CCCC4)cc3)nc3[nH]ccc23)s1. The molecular formula is C27H28N6O2S. The second kappa shape index (κ2) is 9.75. The number of rotatable bonds is 8. The maximum Gasteiger partial charge on any atom is 0.229 e. The molecule has 1 fully saturated rings. The van der Waals surface area contributed by atoms with Gasteiger partial charge in [0.05, 0.1) is 21.8 Å². The van der Waals surface area contributed by atoms with Gasteiger partial charge in [-0.1, -0.05) is 5.16 Å². The van der Waals surface area contributed by atoms with E-state index in [4.69, 9.17) is 14.2 Å². The van der Waals surface area contributed by atoms with Crippen molar-refractivity contribution < 1.29 is 9.26 Å². The summed E-state index contributed by atoms with van der Waals surface area (Å²) in [5.74, 6) is 2.22. The van der Waals surface area contributed by atoms with Crippen LogP contribution in [0.5, 0.6) is 5.75 Å². The third-order valence-corrected chi connectivity index (χ3v) is 7.63. The Morgan fingerprint density at radius 1 is 1.03 bits per heavy atom. The molecule has 36 heavy (non-hydrogen) atoms. The first-order chi connectivity index (χ1) is 17.6. The second-order valence-corrected chi connectivity index (χ2v) is 10.1. The van der Waals surface area contributed by atoms with Crippen molar-refractivity contribution >= 4 is 34.0 Å². The Kier molecular flexibility index (Phi) is 6.16. The first kappa shape index (κ1) is 22.8. The highest BCUT2D eigenvalue weighted by Crippen LogP contribution is 2.39. The van der Waals surface area contributed by atoms with Crippen LogP contribution in [0.4, 0.5) is 11.6 Å². The Morgan fingerprint density at radius 3 is 2.61 bits per heavy atom. The van der Waals surface area contributed by atoms with E-state index in [-0.39, 0.29) is 0 Å². The lowest BCUT2D eigenvalue weighted by Crippen LogP contribution is -2.25. The van der Waals surface area contributed by atoms with Crippen LogP contribution in [0.2, 0.25) is 0 Å². The van der Waals surface area contributed by atoms with Crippen molar-refractivity contribution in [2.75, 3.05) is 31.6 Å². The van der Waals surface area contributed by atoms with E-state index in [9.17, 15) is 0 Å². The number of fused-ring (bicyclic) bond motifs is 1. The number of nitrogens with one attached hydrogen (secondary N) is 2. The van der Waals surface area contributed by atoms with Gasteiger partial charge < -0.3 is 19.6 Å². The summed E-state index contributed by atoms with van der Waals surface area (Å²) in [6.07, 6.45) is 4.49. The van der Waals surface area contributed by atoms with Crippen LogP contribution in [-0.2, 0) is 0 Å². The van der Waals surface area contributed by atoms with E-state index in [1.54, 1.807) is 11.3 Å². The first-order valence-corrected chi connectivity index (χ1v) is 13.1. The minimum atomic E-state index is 0.537. The third-order valence-electron chi connectivity index (χ3n) is 6.52. The number of aryl methyl sites for hydroxylation is 2. The van der Waals surface area contributed by atoms with Gasteiger partial charge in [0.2, 0.25) is 5.95 Å². The second-order valence-electron chi connectivity index (χ2n) is 9.05. The number of ether oxygens (including phenoxy) is 1. The molecule has 0 spiro atoms. The Bertz CT molecular complexity index is 1460. The Balaban J connectivity index is 1.21. The number of benzene rings is 1. The summed E-state index contributed by atoms with van der Waals surface area (Å²) in [5, 5.41) is 8.43. The molecule has 2 N–H and O–H groups in total. The van der Waals surface area contributed by atoms with Gasteiger partial charge in [0.25, 0.3) is 0 Å². The highest BCUT2D eigenvalue weighted by atomic mass is 32.1. The van der Waals surface area contributed by atoms with E-state index in [1.165, 1.54) is 25.9 Å². The molecule has 1 aliphatic heterocycles. The first-order valence-electron chi connectivity index (χ1n) is 12.2. The van der Waals surface area contributed by atoms with E-state index < -0.39 is 0 Å². The summed E-state index contributed by atoms with van der Waals surface area (Å²) >= 11 is 1.67.